The molecule has 0 aliphatic carbocycles. The Kier molecular flexibility index (Phi) is 8.08. The van der Waals surface area contributed by atoms with Crippen LogP contribution in [0.25, 0.3) is 0 Å². The number of likely N-dealkylation sites (N-methyl/N-ethyl adjacent to an activating group) is 1. The normalized spacial score (nSPS) is 17.4. The van der Waals surface area contributed by atoms with Gasteiger partial charge in [-0.05, 0) is 57.7 Å². The molecule has 1 aromatic rings. The summed E-state index contributed by atoms with van der Waals surface area (Å²) in [6.07, 6.45) is 2.23. The molecule has 0 amide bonds. The van der Waals surface area contributed by atoms with Crippen molar-refractivity contribution in [1.82, 2.24) is 20.4 Å². The first-order chi connectivity index (χ1) is 12.1. The number of nitrogens with zero attached hydrogens (tertiary/aromatic N) is 3. The molecular formula is C18H29F2N5. The Balaban J connectivity index is 1.67. The van der Waals surface area contributed by atoms with Crippen LogP contribution < -0.4 is 10.6 Å². The van der Waals surface area contributed by atoms with Crippen molar-refractivity contribution in [1.29, 1.82) is 0 Å². The van der Waals surface area contributed by atoms with Crippen molar-refractivity contribution in [3.63, 3.8) is 0 Å². The lowest BCUT2D eigenvalue weighted by Gasteiger charge is -2.20. The molecule has 5 nitrogen and oxygen atoms in total. The molecule has 25 heavy (non-hydrogen) atoms. The summed E-state index contributed by atoms with van der Waals surface area (Å²) in [4.78, 5) is 8.98. The van der Waals surface area contributed by atoms with Crippen molar-refractivity contribution in [3.05, 3.63) is 35.4 Å². The molecule has 2 rings (SSSR count). The van der Waals surface area contributed by atoms with E-state index in [0.717, 1.165) is 51.3 Å². The number of hydrogen-bond acceptors (Lipinski definition) is 3. The zero-order valence-electron chi connectivity index (χ0n) is 15.2. The van der Waals surface area contributed by atoms with Gasteiger partial charge in [-0.15, -0.1) is 0 Å². The summed E-state index contributed by atoms with van der Waals surface area (Å²) in [6, 6.07) is 3.46. The number of aliphatic imine (C=N–C) groups is 1. The maximum Gasteiger partial charge on any atom is 0.191 e. The lowest BCUT2D eigenvalue weighted by molar-refractivity contribution is 0.274. The predicted octanol–water partition coefficient (Wildman–Crippen LogP) is 1.66. The van der Waals surface area contributed by atoms with Crippen LogP contribution in [0.3, 0.4) is 0 Å². The molecule has 0 spiro atoms. The van der Waals surface area contributed by atoms with Crippen LogP contribution in [-0.2, 0) is 6.54 Å². The zero-order chi connectivity index (χ0) is 18.1. The summed E-state index contributed by atoms with van der Waals surface area (Å²) in [5.74, 6) is -0.265. The van der Waals surface area contributed by atoms with Gasteiger partial charge in [0, 0.05) is 38.8 Å². The lowest BCUT2D eigenvalue weighted by Crippen LogP contribution is -2.39. The van der Waals surface area contributed by atoms with E-state index in [0.29, 0.717) is 5.96 Å². The molecule has 0 bridgehead atoms. The topological polar surface area (TPSA) is 42.9 Å². The van der Waals surface area contributed by atoms with Gasteiger partial charge in [-0.2, -0.15) is 0 Å². The third kappa shape index (κ3) is 6.96. The molecule has 0 atom stereocenters. The lowest BCUT2D eigenvalue weighted by atomic mass is 10.2. The monoisotopic (exact) mass is 353 g/mol. The molecule has 1 aliphatic rings. The van der Waals surface area contributed by atoms with Crippen LogP contribution in [0.5, 0.6) is 0 Å². The highest BCUT2D eigenvalue weighted by molar-refractivity contribution is 5.79. The van der Waals surface area contributed by atoms with Crippen molar-refractivity contribution in [2.24, 2.45) is 4.99 Å². The molecule has 1 fully saturated rings. The highest BCUT2D eigenvalue weighted by Crippen LogP contribution is 2.09. The zero-order valence-corrected chi connectivity index (χ0v) is 15.2. The van der Waals surface area contributed by atoms with Crippen LogP contribution in [0.15, 0.2) is 23.2 Å². The fraction of sp³-hybridized carbons (Fsp3) is 0.611. The molecule has 1 aromatic carbocycles. The molecule has 7 heteroatoms. The van der Waals surface area contributed by atoms with Gasteiger partial charge in [0.2, 0.25) is 0 Å². The summed E-state index contributed by atoms with van der Waals surface area (Å²) in [5.41, 5.74) is 0.289. The highest BCUT2D eigenvalue weighted by atomic mass is 19.1. The molecule has 1 saturated heterocycles. The minimum absolute atomic E-state index is 0.196. The SMILES string of the molecule is CN=C(NCCCN1CCCN(C)CC1)NCc1cc(F)ccc1F. The maximum atomic E-state index is 13.6. The van der Waals surface area contributed by atoms with Gasteiger partial charge in [-0.25, -0.2) is 8.78 Å². The van der Waals surface area contributed by atoms with Crippen molar-refractivity contribution in [2.45, 2.75) is 19.4 Å². The summed E-state index contributed by atoms with van der Waals surface area (Å²) in [7, 11) is 3.84. The Morgan fingerprint density at radius 1 is 1.16 bits per heavy atom. The second-order valence-corrected chi connectivity index (χ2v) is 6.44. The van der Waals surface area contributed by atoms with Gasteiger partial charge in [0.25, 0.3) is 0 Å². The summed E-state index contributed by atoms with van der Waals surface area (Å²) in [6.45, 7) is 6.59. The van der Waals surface area contributed by atoms with E-state index in [4.69, 9.17) is 0 Å². The van der Waals surface area contributed by atoms with E-state index < -0.39 is 11.6 Å². The standard InChI is InChI=1S/C18H29F2N5/c1-21-18(23-14-15-13-16(19)5-6-17(15)20)22-7-3-9-25-10-4-8-24(2)11-12-25/h5-6,13H,3-4,7-12,14H2,1-2H3,(H2,21,22,23). The van der Waals surface area contributed by atoms with E-state index in [2.05, 4.69) is 32.5 Å². The number of guanidine groups is 1. The molecule has 0 aromatic heterocycles. The average molecular weight is 353 g/mol. The predicted molar refractivity (Wildman–Crippen MR) is 97.7 cm³/mol. The summed E-state index contributed by atoms with van der Waals surface area (Å²) < 4.78 is 26.8. The quantitative estimate of drug-likeness (QED) is 0.464. The van der Waals surface area contributed by atoms with Crippen molar-refractivity contribution in [3.8, 4) is 0 Å². The Morgan fingerprint density at radius 3 is 2.80 bits per heavy atom. The fourth-order valence-corrected chi connectivity index (χ4v) is 2.91. The molecule has 140 valence electrons. The van der Waals surface area contributed by atoms with Crippen molar-refractivity contribution >= 4 is 5.96 Å². The van der Waals surface area contributed by atoms with Gasteiger partial charge in [0.15, 0.2) is 5.96 Å². The van der Waals surface area contributed by atoms with E-state index in [-0.39, 0.29) is 12.1 Å². The first-order valence-electron chi connectivity index (χ1n) is 8.88. The molecule has 0 radical (unpaired) electrons. The molecule has 0 unspecified atom stereocenters. The number of benzene rings is 1. The molecule has 1 aliphatic heterocycles. The van der Waals surface area contributed by atoms with Crippen molar-refractivity contribution in [2.75, 3.05) is 53.4 Å². The van der Waals surface area contributed by atoms with Crippen LogP contribution in [0.4, 0.5) is 8.78 Å². The molecule has 1 heterocycles. The van der Waals surface area contributed by atoms with Crippen LogP contribution in [0.2, 0.25) is 0 Å². The van der Waals surface area contributed by atoms with Crippen LogP contribution >= 0.6 is 0 Å². The number of rotatable bonds is 6. The van der Waals surface area contributed by atoms with Gasteiger partial charge in [-0.1, -0.05) is 0 Å². The molecule has 0 saturated carbocycles. The van der Waals surface area contributed by atoms with Gasteiger partial charge in [0.05, 0.1) is 0 Å². The number of hydrogen-bond donors (Lipinski definition) is 2. The highest BCUT2D eigenvalue weighted by Gasteiger charge is 2.11. The average Bonchev–Trinajstić information content (AvgIpc) is 2.81. The minimum Gasteiger partial charge on any atom is -0.356 e. The van der Waals surface area contributed by atoms with E-state index in [1.807, 2.05) is 0 Å². The maximum absolute atomic E-state index is 13.6. The van der Waals surface area contributed by atoms with E-state index in [9.17, 15) is 8.78 Å². The summed E-state index contributed by atoms with van der Waals surface area (Å²) in [5, 5.41) is 6.24. The Morgan fingerprint density at radius 2 is 2.00 bits per heavy atom. The molecule has 2 N–H and O–H groups in total. The second-order valence-electron chi connectivity index (χ2n) is 6.44. The number of nitrogens with one attached hydrogen (secondary N) is 2. The number of halogens is 2. The first-order valence-corrected chi connectivity index (χ1v) is 8.88. The van der Waals surface area contributed by atoms with Crippen LogP contribution in [0, 0.1) is 11.6 Å². The van der Waals surface area contributed by atoms with Gasteiger partial charge < -0.3 is 20.4 Å². The van der Waals surface area contributed by atoms with Gasteiger partial charge in [0.1, 0.15) is 11.6 Å². The molecular weight excluding hydrogens is 324 g/mol. The third-order valence-corrected chi connectivity index (χ3v) is 4.43. The second kappa shape index (κ2) is 10.3. The Labute approximate surface area is 149 Å². The third-order valence-electron chi connectivity index (χ3n) is 4.43. The first kappa shape index (κ1) is 19.6. The largest absolute Gasteiger partial charge is 0.356 e. The fourth-order valence-electron chi connectivity index (χ4n) is 2.91. The Bertz CT molecular complexity index is 564. The van der Waals surface area contributed by atoms with Crippen molar-refractivity contribution < 1.29 is 8.78 Å². The Hall–Kier alpha value is -1.73. The van der Waals surface area contributed by atoms with Crippen LogP contribution in [0.1, 0.15) is 18.4 Å². The van der Waals surface area contributed by atoms with E-state index in [1.165, 1.54) is 19.0 Å². The smallest absolute Gasteiger partial charge is 0.191 e. The van der Waals surface area contributed by atoms with E-state index >= 15 is 0 Å². The van der Waals surface area contributed by atoms with Crippen LogP contribution in [-0.4, -0.2) is 69.1 Å². The minimum atomic E-state index is -0.441. The van der Waals surface area contributed by atoms with Gasteiger partial charge >= 0.3 is 0 Å². The van der Waals surface area contributed by atoms with Gasteiger partial charge in [-0.3, -0.25) is 4.99 Å². The summed E-state index contributed by atoms with van der Waals surface area (Å²) >= 11 is 0. The van der Waals surface area contributed by atoms with E-state index in [1.54, 1.807) is 7.05 Å².